The molecule has 0 aromatic heterocycles. The molecule has 0 unspecified atom stereocenters. The van der Waals surface area contributed by atoms with Crippen LogP contribution in [-0.4, -0.2) is 18.4 Å². The van der Waals surface area contributed by atoms with Gasteiger partial charge in [0.1, 0.15) is 0 Å². The van der Waals surface area contributed by atoms with E-state index in [1.807, 2.05) is 6.08 Å². The number of allylic oxidation sites excluding steroid dienone is 3. The Balaban J connectivity index is 2.86. The van der Waals surface area contributed by atoms with E-state index in [0.717, 1.165) is 18.4 Å². The number of carbonyl (C=O) groups is 2. The van der Waals surface area contributed by atoms with Gasteiger partial charge < -0.3 is 4.74 Å². The fourth-order valence-corrected chi connectivity index (χ4v) is 2.80. The summed E-state index contributed by atoms with van der Waals surface area (Å²) in [7, 11) is 0. The first-order chi connectivity index (χ1) is 8.75. The Morgan fingerprint density at radius 3 is 2.58 bits per heavy atom. The van der Waals surface area contributed by atoms with Crippen LogP contribution in [0.25, 0.3) is 0 Å². The third-order valence-electron chi connectivity index (χ3n) is 4.12. The molecule has 106 valence electrons. The van der Waals surface area contributed by atoms with E-state index in [9.17, 15) is 9.59 Å². The molecule has 3 nitrogen and oxygen atoms in total. The molecule has 2 atom stereocenters. The van der Waals surface area contributed by atoms with Crippen molar-refractivity contribution in [2.45, 2.75) is 40.5 Å². The largest absolute Gasteiger partial charge is 0.466 e. The maximum absolute atomic E-state index is 11.1. The Hall–Kier alpha value is -1.38. The summed E-state index contributed by atoms with van der Waals surface area (Å²) in [5.41, 5.74) is 1.10. The van der Waals surface area contributed by atoms with Crippen molar-refractivity contribution in [1.29, 1.82) is 0 Å². The Morgan fingerprint density at radius 2 is 2.05 bits per heavy atom. The van der Waals surface area contributed by atoms with Crippen LogP contribution in [0.15, 0.2) is 24.3 Å². The van der Waals surface area contributed by atoms with Crippen molar-refractivity contribution in [3.05, 3.63) is 24.3 Å². The number of carbonyl (C=O) groups excluding carboxylic acids is 2. The van der Waals surface area contributed by atoms with Gasteiger partial charge in [-0.15, -0.1) is 0 Å². The highest BCUT2D eigenvalue weighted by Gasteiger charge is 2.41. The quantitative estimate of drug-likeness (QED) is 0.444. The van der Waals surface area contributed by atoms with Crippen LogP contribution in [0.3, 0.4) is 0 Å². The molecule has 0 amide bonds. The Morgan fingerprint density at radius 1 is 1.42 bits per heavy atom. The molecule has 0 aromatic carbocycles. The lowest BCUT2D eigenvalue weighted by Crippen LogP contribution is -2.39. The van der Waals surface area contributed by atoms with E-state index in [1.54, 1.807) is 13.0 Å². The zero-order valence-electron chi connectivity index (χ0n) is 12.4. The summed E-state index contributed by atoms with van der Waals surface area (Å²) in [5, 5.41) is 0. The molecule has 1 fully saturated rings. The number of hydrogen-bond acceptors (Lipinski definition) is 3. The van der Waals surface area contributed by atoms with Gasteiger partial charge in [-0.25, -0.2) is 0 Å². The standard InChI is InChI=1S/C16H24O3/c1-11-6-8-14(10-19-13(3)18)16(4,5)15(11)9-7-12(2)17/h7,9,14-15H,1,6,8,10H2,2-5H3/b9-7+/t14-,15-/m1/s1. The lowest BCUT2D eigenvalue weighted by Gasteiger charge is -2.45. The molecular formula is C16H24O3. The number of hydrogen-bond donors (Lipinski definition) is 0. The van der Waals surface area contributed by atoms with Crippen molar-refractivity contribution in [3.8, 4) is 0 Å². The molecule has 1 saturated carbocycles. The predicted molar refractivity (Wildman–Crippen MR) is 75.6 cm³/mol. The van der Waals surface area contributed by atoms with Crippen LogP contribution in [-0.2, 0) is 14.3 Å². The first kappa shape index (κ1) is 15.7. The third kappa shape index (κ3) is 4.05. The number of ketones is 1. The van der Waals surface area contributed by atoms with Gasteiger partial charge in [0.05, 0.1) is 6.61 Å². The summed E-state index contributed by atoms with van der Waals surface area (Å²) in [4.78, 5) is 22.1. The van der Waals surface area contributed by atoms with Crippen molar-refractivity contribution in [2.24, 2.45) is 17.3 Å². The summed E-state index contributed by atoms with van der Waals surface area (Å²) >= 11 is 0. The highest BCUT2D eigenvalue weighted by atomic mass is 16.5. The summed E-state index contributed by atoms with van der Waals surface area (Å²) < 4.78 is 5.17. The first-order valence-corrected chi connectivity index (χ1v) is 6.75. The zero-order valence-corrected chi connectivity index (χ0v) is 12.4. The normalized spacial score (nSPS) is 26.4. The molecule has 0 radical (unpaired) electrons. The van der Waals surface area contributed by atoms with Crippen molar-refractivity contribution in [1.82, 2.24) is 0 Å². The number of rotatable bonds is 4. The van der Waals surface area contributed by atoms with Gasteiger partial charge in [0.15, 0.2) is 5.78 Å². The Labute approximate surface area is 115 Å². The molecule has 0 bridgehead atoms. The maximum Gasteiger partial charge on any atom is 0.302 e. The van der Waals surface area contributed by atoms with Crippen molar-refractivity contribution >= 4 is 11.8 Å². The zero-order chi connectivity index (χ0) is 14.6. The van der Waals surface area contributed by atoms with Gasteiger partial charge in [0, 0.05) is 12.8 Å². The molecule has 1 aliphatic carbocycles. The fraction of sp³-hybridized carbons (Fsp3) is 0.625. The number of ether oxygens (including phenoxy) is 1. The van der Waals surface area contributed by atoms with Gasteiger partial charge in [-0.05, 0) is 37.2 Å². The minimum Gasteiger partial charge on any atom is -0.466 e. The topological polar surface area (TPSA) is 43.4 Å². The van der Waals surface area contributed by atoms with E-state index < -0.39 is 0 Å². The van der Waals surface area contributed by atoms with Crippen LogP contribution >= 0.6 is 0 Å². The molecule has 0 N–H and O–H groups in total. The van der Waals surface area contributed by atoms with E-state index in [1.165, 1.54) is 6.92 Å². The molecule has 19 heavy (non-hydrogen) atoms. The summed E-state index contributed by atoms with van der Waals surface area (Å²) in [6.07, 6.45) is 5.46. The van der Waals surface area contributed by atoms with E-state index in [4.69, 9.17) is 4.74 Å². The molecule has 0 aliphatic heterocycles. The molecule has 1 aliphatic rings. The Kier molecular flexibility index (Phi) is 5.10. The minimum atomic E-state index is -0.240. The smallest absolute Gasteiger partial charge is 0.302 e. The summed E-state index contributed by atoms with van der Waals surface area (Å²) in [6.45, 7) is 11.9. The Bertz CT molecular complexity index is 404. The fourth-order valence-electron chi connectivity index (χ4n) is 2.80. The molecule has 0 spiro atoms. The van der Waals surface area contributed by atoms with E-state index in [2.05, 4.69) is 20.4 Å². The van der Waals surface area contributed by atoms with Gasteiger partial charge in [0.25, 0.3) is 0 Å². The van der Waals surface area contributed by atoms with Gasteiger partial charge in [-0.1, -0.05) is 32.1 Å². The molecule has 0 aromatic rings. The molecule has 3 heteroatoms. The van der Waals surface area contributed by atoms with Gasteiger partial charge in [-0.3, -0.25) is 9.59 Å². The second kappa shape index (κ2) is 6.18. The SMILES string of the molecule is C=C1CC[C@H](COC(C)=O)C(C)(C)[C@@H]1/C=C/C(C)=O. The summed E-state index contributed by atoms with van der Waals surface area (Å²) in [5.74, 6) is 0.260. The van der Waals surface area contributed by atoms with E-state index in [-0.39, 0.29) is 23.1 Å². The van der Waals surface area contributed by atoms with Crippen LogP contribution in [0.2, 0.25) is 0 Å². The molecule has 0 saturated heterocycles. The van der Waals surface area contributed by atoms with Crippen LogP contribution in [0, 0.1) is 17.3 Å². The lowest BCUT2D eigenvalue weighted by atomic mass is 9.60. The molecule has 0 heterocycles. The second-order valence-corrected chi connectivity index (χ2v) is 5.97. The number of esters is 1. The monoisotopic (exact) mass is 264 g/mol. The summed E-state index contributed by atoms with van der Waals surface area (Å²) in [6, 6.07) is 0. The van der Waals surface area contributed by atoms with Crippen molar-refractivity contribution in [2.75, 3.05) is 6.61 Å². The highest BCUT2D eigenvalue weighted by Crippen LogP contribution is 2.47. The maximum atomic E-state index is 11.1. The van der Waals surface area contributed by atoms with Crippen molar-refractivity contribution in [3.63, 3.8) is 0 Å². The average molecular weight is 264 g/mol. The van der Waals surface area contributed by atoms with Gasteiger partial charge >= 0.3 is 5.97 Å². The average Bonchev–Trinajstić information content (AvgIpc) is 2.26. The van der Waals surface area contributed by atoms with E-state index >= 15 is 0 Å². The van der Waals surface area contributed by atoms with Crippen LogP contribution in [0.4, 0.5) is 0 Å². The highest BCUT2D eigenvalue weighted by molar-refractivity contribution is 5.87. The van der Waals surface area contributed by atoms with Crippen molar-refractivity contribution < 1.29 is 14.3 Å². The molecular weight excluding hydrogens is 240 g/mol. The third-order valence-corrected chi connectivity index (χ3v) is 4.12. The second-order valence-electron chi connectivity index (χ2n) is 5.97. The molecule has 1 rings (SSSR count). The first-order valence-electron chi connectivity index (χ1n) is 6.75. The van der Waals surface area contributed by atoms with E-state index in [0.29, 0.717) is 12.5 Å². The lowest BCUT2D eigenvalue weighted by molar-refractivity contribution is -0.144. The van der Waals surface area contributed by atoms with Crippen LogP contribution in [0.5, 0.6) is 0 Å². The van der Waals surface area contributed by atoms with Crippen LogP contribution < -0.4 is 0 Å². The van der Waals surface area contributed by atoms with Crippen LogP contribution in [0.1, 0.15) is 40.5 Å². The van der Waals surface area contributed by atoms with Gasteiger partial charge in [0.2, 0.25) is 0 Å². The predicted octanol–water partition coefficient (Wildman–Crippen LogP) is 3.30. The minimum absolute atomic E-state index is 0.0470. The van der Waals surface area contributed by atoms with Gasteiger partial charge in [-0.2, -0.15) is 0 Å².